The largest absolute Gasteiger partial charge is 0.344 e. The molecule has 0 aromatic heterocycles. The van der Waals surface area contributed by atoms with Crippen molar-refractivity contribution in [1.29, 1.82) is 0 Å². The van der Waals surface area contributed by atoms with E-state index >= 15 is 0 Å². The highest BCUT2D eigenvalue weighted by Gasteiger charge is 2.20. The van der Waals surface area contributed by atoms with Crippen LogP contribution in [0.5, 0.6) is 0 Å². The van der Waals surface area contributed by atoms with E-state index in [2.05, 4.69) is 5.32 Å². The molecule has 0 aliphatic heterocycles. The predicted molar refractivity (Wildman–Crippen MR) is 90.6 cm³/mol. The van der Waals surface area contributed by atoms with Crippen molar-refractivity contribution in [1.82, 2.24) is 10.2 Å². The number of hydrogen-bond acceptors (Lipinski definition) is 2. The molecule has 0 saturated carbocycles. The molecule has 2 amide bonds. The van der Waals surface area contributed by atoms with E-state index in [1.54, 1.807) is 4.90 Å². The van der Waals surface area contributed by atoms with E-state index in [-0.39, 0.29) is 0 Å². The first kappa shape index (κ1) is 16.7. The van der Waals surface area contributed by atoms with Crippen LogP contribution in [-0.4, -0.2) is 23.3 Å². The number of nitrogens with zero attached hydrogens (tertiary/aromatic N) is 1. The molecule has 0 fully saturated rings. The first-order valence-corrected chi connectivity index (χ1v) is 7.76. The van der Waals surface area contributed by atoms with Gasteiger partial charge in [0.05, 0.1) is 0 Å². The van der Waals surface area contributed by atoms with Crippen LogP contribution in [0.3, 0.4) is 0 Å². The molecule has 0 spiro atoms. The molecule has 1 N–H and O–H groups in total. The van der Waals surface area contributed by atoms with Crippen LogP contribution in [0, 0.1) is 6.92 Å². The molecule has 0 radical (unpaired) electrons. The van der Waals surface area contributed by atoms with Gasteiger partial charge in [-0.1, -0.05) is 60.2 Å². The van der Waals surface area contributed by atoms with Crippen LogP contribution in [0.15, 0.2) is 54.6 Å². The zero-order valence-electron chi connectivity index (χ0n) is 13.6. The van der Waals surface area contributed by atoms with Gasteiger partial charge in [0.25, 0.3) is 0 Å². The van der Waals surface area contributed by atoms with Crippen LogP contribution in [0.25, 0.3) is 0 Å². The minimum absolute atomic E-state index is 0.356. The highest BCUT2D eigenvalue weighted by molar-refractivity contribution is 6.34. The van der Waals surface area contributed by atoms with Gasteiger partial charge in [-0.2, -0.15) is 0 Å². The summed E-state index contributed by atoms with van der Waals surface area (Å²) in [5.41, 5.74) is 3.12. The van der Waals surface area contributed by atoms with Crippen molar-refractivity contribution in [3.05, 3.63) is 71.3 Å². The van der Waals surface area contributed by atoms with Crippen molar-refractivity contribution in [3.63, 3.8) is 0 Å². The topological polar surface area (TPSA) is 49.4 Å². The minimum atomic E-state index is -0.565. The zero-order valence-corrected chi connectivity index (χ0v) is 13.6. The number of rotatable bonds is 5. The van der Waals surface area contributed by atoms with Gasteiger partial charge >= 0.3 is 11.8 Å². The summed E-state index contributed by atoms with van der Waals surface area (Å²) in [7, 11) is 0. The van der Waals surface area contributed by atoms with Crippen molar-refractivity contribution >= 4 is 11.8 Å². The minimum Gasteiger partial charge on any atom is -0.344 e. The molecule has 2 aromatic carbocycles. The summed E-state index contributed by atoms with van der Waals surface area (Å²) in [4.78, 5) is 25.9. The van der Waals surface area contributed by atoms with Gasteiger partial charge in [0.15, 0.2) is 0 Å². The lowest BCUT2D eigenvalue weighted by atomic mass is 10.1. The molecule has 23 heavy (non-hydrogen) atoms. The van der Waals surface area contributed by atoms with E-state index in [1.807, 2.05) is 68.4 Å². The second-order valence-corrected chi connectivity index (χ2v) is 5.48. The van der Waals surface area contributed by atoms with E-state index in [9.17, 15) is 9.59 Å². The monoisotopic (exact) mass is 310 g/mol. The molecule has 4 heteroatoms. The maximum atomic E-state index is 12.3. The second-order valence-electron chi connectivity index (χ2n) is 5.48. The lowest BCUT2D eigenvalue weighted by Gasteiger charge is -2.20. The van der Waals surface area contributed by atoms with Crippen molar-refractivity contribution in [3.8, 4) is 0 Å². The Balaban J connectivity index is 1.93. The van der Waals surface area contributed by atoms with Crippen LogP contribution in [0.2, 0.25) is 0 Å². The number of aryl methyl sites for hydroxylation is 1. The molecular formula is C19H22N2O2. The summed E-state index contributed by atoms with van der Waals surface area (Å²) in [5.74, 6) is -1.06. The quantitative estimate of drug-likeness (QED) is 0.863. The Morgan fingerprint density at radius 3 is 2.35 bits per heavy atom. The van der Waals surface area contributed by atoms with Crippen LogP contribution in [-0.2, 0) is 22.7 Å². The predicted octanol–water partition coefficient (Wildman–Crippen LogP) is 2.66. The fraction of sp³-hybridized carbons (Fsp3) is 0.263. The number of nitrogens with one attached hydrogen (secondary N) is 1. The van der Waals surface area contributed by atoms with Gasteiger partial charge in [-0.05, 0) is 25.0 Å². The number of amides is 2. The van der Waals surface area contributed by atoms with Crippen LogP contribution in [0.4, 0.5) is 0 Å². The molecular weight excluding hydrogens is 288 g/mol. The van der Waals surface area contributed by atoms with Gasteiger partial charge in [-0.3, -0.25) is 9.59 Å². The number of benzene rings is 2. The third-order valence-corrected chi connectivity index (χ3v) is 3.61. The molecule has 0 unspecified atom stereocenters. The average molecular weight is 310 g/mol. The van der Waals surface area contributed by atoms with Crippen molar-refractivity contribution < 1.29 is 9.59 Å². The lowest BCUT2D eigenvalue weighted by molar-refractivity contribution is -0.146. The molecule has 120 valence electrons. The molecule has 2 rings (SSSR count). The van der Waals surface area contributed by atoms with Gasteiger partial charge in [0.1, 0.15) is 0 Å². The normalized spacial score (nSPS) is 10.2. The van der Waals surface area contributed by atoms with Crippen LogP contribution >= 0.6 is 0 Å². The summed E-state index contributed by atoms with van der Waals surface area (Å²) in [6.07, 6.45) is 0. The molecule has 0 bridgehead atoms. The number of hydrogen-bond donors (Lipinski definition) is 1. The third-order valence-electron chi connectivity index (χ3n) is 3.61. The van der Waals surface area contributed by atoms with E-state index in [0.29, 0.717) is 19.6 Å². The smallest absolute Gasteiger partial charge is 0.312 e. The van der Waals surface area contributed by atoms with Gasteiger partial charge in [0.2, 0.25) is 0 Å². The molecule has 4 nitrogen and oxygen atoms in total. The van der Waals surface area contributed by atoms with Crippen molar-refractivity contribution in [2.75, 3.05) is 6.54 Å². The van der Waals surface area contributed by atoms with E-state index in [1.165, 1.54) is 0 Å². The fourth-order valence-corrected chi connectivity index (χ4v) is 2.35. The molecule has 0 saturated heterocycles. The molecule has 0 heterocycles. The van der Waals surface area contributed by atoms with Gasteiger partial charge in [-0.25, -0.2) is 0 Å². The zero-order chi connectivity index (χ0) is 16.7. The fourth-order valence-electron chi connectivity index (χ4n) is 2.35. The number of carbonyl (C=O) groups is 2. The average Bonchev–Trinajstić information content (AvgIpc) is 2.58. The standard InChI is InChI=1S/C19H22N2O2/c1-3-21(14-16-9-5-4-6-10-16)19(23)18(22)20-13-17-11-7-8-15(2)12-17/h4-12H,3,13-14H2,1-2H3,(H,20,22). The summed E-state index contributed by atoms with van der Waals surface area (Å²) in [6, 6.07) is 17.5. The summed E-state index contributed by atoms with van der Waals surface area (Å²) >= 11 is 0. The van der Waals surface area contributed by atoms with Gasteiger partial charge in [0, 0.05) is 19.6 Å². The molecule has 0 atom stereocenters. The molecule has 0 aliphatic rings. The Labute approximate surface area is 137 Å². The SMILES string of the molecule is CCN(Cc1ccccc1)C(=O)C(=O)NCc1cccc(C)c1. The van der Waals surface area contributed by atoms with Crippen molar-refractivity contribution in [2.24, 2.45) is 0 Å². The Bertz CT molecular complexity index is 668. The Morgan fingerprint density at radius 1 is 1.00 bits per heavy atom. The van der Waals surface area contributed by atoms with Crippen LogP contribution in [0.1, 0.15) is 23.6 Å². The maximum absolute atomic E-state index is 12.3. The highest BCUT2D eigenvalue weighted by Crippen LogP contribution is 2.06. The summed E-state index contributed by atoms with van der Waals surface area (Å²) in [6.45, 7) is 5.15. The lowest BCUT2D eigenvalue weighted by Crippen LogP contribution is -2.42. The van der Waals surface area contributed by atoms with E-state index in [0.717, 1.165) is 16.7 Å². The third kappa shape index (κ3) is 4.95. The highest BCUT2D eigenvalue weighted by atomic mass is 16.2. The Hall–Kier alpha value is -2.62. The van der Waals surface area contributed by atoms with Crippen molar-refractivity contribution in [2.45, 2.75) is 26.9 Å². The maximum Gasteiger partial charge on any atom is 0.312 e. The Kier molecular flexibility index (Phi) is 5.92. The number of likely N-dealkylation sites (N-methyl/N-ethyl adjacent to an activating group) is 1. The second kappa shape index (κ2) is 8.13. The van der Waals surface area contributed by atoms with E-state index < -0.39 is 11.8 Å². The summed E-state index contributed by atoms with van der Waals surface area (Å²) < 4.78 is 0. The first-order valence-electron chi connectivity index (χ1n) is 7.76. The molecule has 0 aliphatic carbocycles. The molecule has 2 aromatic rings. The summed E-state index contributed by atoms with van der Waals surface area (Å²) in [5, 5.41) is 2.70. The number of carbonyl (C=O) groups excluding carboxylic acids is 2. The van der Waals surface area contributed by atoms with Gasteiger partial charge in [-0.15, -0.1) is 0 Å². The van der Waals surface area contributed by atoms with E-state index in [4.69, 9.17) is 0 Å². The van der Waals surface area contributed by atoms with Gasteiger partial charge < -0.3 is 10.2 Å². The first-order chi connectivity index (χ1) is 11.1. The Morgan fingerprint density at radius 2 is 1.70 bits per heavy atom. The van der Waals surface area contributed by atoms with Crippen LogP contribution < -0.4 is 5.32 Å².